The van der Waals surface area contributed by atoms with Gasteiger partial charge in [0.25, 0.3) is 5.91 Å². The molecule has 20 heavy (non-hydrogen) atoms. The molecular weight excluding hydrogens is 260 g/mol. The lowest BCUT2D eigenvalue weighted by atomic mass is 10.0. The van der Waals surface area contributed by atoms with Crippen LogP contribution in [-0.4, -0.2) is 54.3 Å². The topological polar surface area (TPSA) is 71.6 Å². The largest absolute Gasteiger partial charge is 0.382 e. The minimum absolute atomic E-state index is 0.112. The molecule has 1 aliphatic rings. The molecule has 1 aromatic rings. The van der Waals surface area contributed by atoms with E-state index in [1.54, 1.807) is 12.0 Å². The molecule has 0 aromatic carbocycles. The zero-order valence-corrected chi connectivity index (χ0v) is 12.0. The molecule has 1 aromatic heterocycles. The van der Waals surface area contributed by atoms with E-state index in [1.807, 2.05) is 13.8 Å². The minimum atomic E-state index is -0.417. The van der Waals surface area contributed by atoms with Crippen LogP contribution < -0.4 is 5.56 Å². The SMILES string of the molecule is COC[C@H]1CN(C(=O)c2ccc(=O)[nH]c2)CC(C)(C)O1. The maximum absolute atomic E-state index is 12.5. The number of nitrogens with zero attached hydrogens (tertiary/aromatic N) is 1. The van der Waals surface area contributed by atoms with Gasteiger partial charge < -0.3 is 19.4 Å². The molecule has 0 saturated carbocycles. The summed E-state index contributed by atoms with van der Waals surface area (Å²) >= 11 is 0. The van der Waals surface area contributed by atoms with Crippen LogP contribution in [0.5, 0.6) is 0 Å². The van der Waals surface area contributed by atoms with Crippen LogP contribution >= 0.6 is 0 Å². The molecule has 2 rings (SSSR count). The lowest BCUT2D eigenvalue weighted by Gasteiger charge is -2.42. The van der Waals surface area contributed by atoms with Crippen molar-refractivity contribution in [2.24, 2.45) is 0 Å². The molecule has 1 aliphatic heterocycles. The monoisotopic (exact) mass is 280 g/mol. The molecule has 0 radical (unpaired) electrons. The Hall–Kier alpha value is -1.66. The number of aromatic nitrogens is 1. The van der Waals surface area contributed by atoms with Gasteiger partial charge in [-0.1, -0.05) is 0 Å². The maximum Gasteiger partial charge on any atom is 0.255 e. The van der Waals surface area contributed by atoms with E-state index in [-0.39, 0.29) is 17.6 Å². The fourth-order valence-electron chi connectivity index (χ4n) is 2.45. The van der Waals surface area contributed by atoms with Crippen LogP contribution in [-0.2, 0) is 9.47 Å². The third kappa shape index (κ3) is 3.46. The highest BCUT2D eigenvalue weighted by Gasteiger charge is 2.35. The van der Waals surface area contributed by atoms with Crippen molar-refractivity contribution in [3.63, 3.8) is 0 Å². The first kappa shape index (κ1) is 14.7. The van der Waals surface area contributed by atoms with Gasteiger partial charge in [0, 0.05) is 32.5 Å². The number of methoxy groups -OCH3 is 1. The second-order valence-corrected chi connectivity index (χ2v) is 5.58. The Balaban J connectivity index is 2.15. The van der Waals surface area contributed by atoms with E-state index in [1.165, 1.54) is 18.3 Å². The zero-order chi connectivity index (χ0) is 14.8. The molecular formula is C14H20N2O4. The number of rotatable bonds is 3. The van der Waals surface area contributed by atoms with E-state index >= 15 is 0 Å². The summed E-state index contributed by atoms with van der Waals surface area (Å²) in [6.07, 6.45) is 1.30. The second-order valence-electron chi connectivity index (χ2n) is 5.58. The molecule has 6 nitrogen and oxygen atoms in total. The lowest BCUT2D eigenvalue weighted by Crippen LogP contribution is -2.55. The quantitative estimate of drug-likeness (QED) is 0.882. The average Bonchev–Trinajstić information content (AvgIpc) is 2.37. The maximum atomic E-state index is 12.5. The summed E-state index contributed by atoms with van der Waals surface area (Å²) in [4.78, 5) is 27.8. The number of hydrogen-bond acceptors (Lipinski definition) is 4. The number of amides is 1. The summed E-state index contributed by atoms with van der Waals surface area (Å²) in [5.41, 5.74) is -0.168. The molecule has 6 heteroatoms. The zero-order valence-electron chi connectivity index (χ0n) is 12.0. The van der Waals surface area contributed by atoms with E-state index < -0.39 is 5.60 Å². The lowest BCUT2D eigenvalue weighted by molar-refractivity contribution is -0.143. The molecule has 1 atom stereocenters. The van der Waals surface area contributed by atoms with Crippen LogP contribution in [0.1, 0.15) is 24.2 Å². The van der Waals surface area contributed by atoms with Crippen LogP contribution in [0.15, 0.2) is 23.1 Å². The van der Waals surface area contributed by atoms with E-state index in [4.69, 9.17) is 9.47 Å². The number of H-pyrrole nitrogens is 1. The molecule has 0 unspecified atom stereocenters. The molecule has 1 amide bonds. The van der Waals surface area contributed by atoms with Gasteiger partial charge >= 0.3 is 0 Å². The standard InChI is InChI=1S/C14H20N2O4/c1-14(2)9-16(7-11(20-14)8-19-3)13(18)10-4-5-12(17)15-6-10/h4-6,11H,7-9H2,1-3H3,(H,15,17)/t11-/m1/s1. The second kappa shape index (κ2) is 5.76. The summed E-state index contributed by atoms with van der Waals surface area (Å²) < 4.78 is 11.0. The molecule has 2 heterocycles. The van der Waals surface area contributed by atoms with Gasteiger partial charge in [0.15, 0.2) is 0 Å². The van der Waals surface area contributed by atoms with Gasteiger partial charge in [-0.05, 0) is 19.9 Å². The summed E-state index contributed by atoms with van der Waals surface area (Å²) in [6.45, 7) is 5.32. The number of pyridine rings is 1. The van der Waals surface area contributed by atoms with Gasteiger partial charge in [-0.2, -0.15) is 0 Å². The van der Waals surface area contributed by atoms with Crippen molar-refractivity contribution in [3.05, 3.63) is 34.2 Å². The summed E-state index contributed by atoms with van der Waals surface area (Å²) in [5, 5.41) is 0. The van der Waals surface area contributed by atoms with E-state index in [2.05, 4.69) is 4.98 Å². The Labute approximate surface area is 117 Å². The first-order chi connectivity index (χ1) is 9.41. The predicted molar refractivity (Wildman–Crippen MR) is 73.8 cm³/mol. The van der Waals surface area contributed by atoms with Gasteiger partial charge in [0.05, 0.1) is 23.9 Å². The fraction of sp³-hybridized carbons (Fsp3) is 0.571. The van der Waals surface area contributed by atoms with Crippen LogP contribution in [0.25, 0.3) is 0 Å². The number of ether oxygens (including phenoxy) is 2. The Bertz CT molecular complexity index is 518. The smallest absolute Gasteiger partial charge is 0.255 e. The number of aromatic amines is 1. The van der Waals surface area contributed by atoms with Crippen molar-refractivity contribution in [2.75, 3.05) is 26.8 Å². The van der Waals surface area contributed by atoms with Gasteiger partial charge in [-0.15, -0.1) is 0 Å². The van der Waals surface area contributed by atoms with Crippen LogP contribution in [0.4, 0.5) is 0 Å². The highest BCUT2D eigenvalue weighted by atomic mass is 16.5. The first-order valence-electron chi connectivity index (χ1n) is 6.56. The van der Waals surface area contributed by atoms with E-state index in [9.17, 15) is 9.59 Å². The van der Waals surface area contributed by atoms with Crippen molar-refractivity contribution in [2.45, 2.75) is 25.6 Å². The van der Waals surface area contributed by atoms with E-state index in [0.29, 0.717) is 25.3 Å². The van der Waals surface area contributed by atoms with Crippen LogP contribution in [0, 0.1) is 0 Å². The van der Waals surface area contributed by atoms with Crippen LogP contribution in [0.3, 0.4) is 0 Å². The van der Waals surface area contributed by atoms with Gasteiger partial charge in [0.2, 0.25) is 5.56 Å². The normalized spacial score (nSPS) is 21.8. The predicted octanol–water partition coefficient (Wildman–Crippen LogP) is 0.641. The molecule has 0 spiro atoms. The van der Waals surface area contributed by atoms with Crippen molar-refractivity contribution >= 4 is 5.91 Å². The molecule has 1 fully saturated rings. The number of carbonyl (C=O) groups is 1. The number of morpholine rings is 1. The van der Waals surface area contributed by atoms with Crippen molar-refractivity contribution in [3.8, 4) is 0 Å². The Morgan fingerprint density at radius 3 is 2.90 bits per heavy atom. The molecule has 110 valence electrons. The Morgan fingerprint density at radius 2 is 2.30 bits per heavy atom. The third-order valence-electron chi connectivity index (χ3n) is 3.15. The van der Waals surface area contributed by atoms with Gasteiger partial charge in [-0.25, -0.2) is 0 Å². The minimum Gasteiger partial charge on any atom is -0.382 e. The number of carbonyl (C=O) groups excluding carboxylic acids is 1. The van der Waals surface area contributed by atoms with Crippen molar-refractivity contribution in [1.82, 2.24) is 9.88 Å². The summed E-state index contributed by atoms with van der Waals surface area (Å²) in [5.74, 6) is -0.112. The van der Waals surface area contributed by atoms with Crippen LogP contribution in [0.2, 0.25) is 0 Å². The summed E-state index contributed by atoms with van der Waals surface area (Å²) in [7, 11) is 1.61. The van der Waals surface area contributed by atoms with Gasteiger partial charge in [-0.3, -0.25) is 9.59 Å². The van der Waals surface area contributed by atoms with E-state index in [0.717, 1.165) is 0 Å². The highest BCUT2D eigenvalue weighted by molar-refractivity contribution is 5.94. The molecule has 1 saturated heterocycles. The van der Waals surface area contributed by atoms with Crippen molar-refractivity contribution in [1.29, 1.82) is 0 Å². The Morgan fingerprint density at radius 1 is 1.55 bits per heavy atom. The fourth-order valence-corrected chi connectivity index (χ4v) is 2.45. The Kier molecular flexibility index (Phi) is 4.25. The number of hydrogen-bond donors (Lipinski definition) is 1. The molecule has 1 N–H and O–H groups in total. The van der Waals surface area contributed by atoms with Gasteiger partial charge in [0.1, 0.15) is 0 Å². The first-order valence-corrected chi connectivity index (χ1v) is 6.56. The third-order valence-corrected chi connectivity index (χ3v) is 3.15. The highest BCUT2D eigenvalue weighted by Crippen LogP contribution is 2.22. The number of nitrogens with one attached hydrogen (secondary N) is 1. The molecule has 0 bridgehead atoms. The average molecular weight is 280 g/mol. The van der Waals surface area contributed by atoms with Crippen molar-refractivity contribution < 1.29 is 14.3 Å². The summed E-state index contributed by atoms with van der Waals surface area (Å²) in [6, 6.07) is 2.89. The molecule has 0 aliphatic carbocycles.